The lowest BCUT2D eigenvalue weighted by atomic mass is 10.2. The summed E-state index contributed by atoms with van der Waals surface area (Å²) in [5, 5.41) is 3.19. The maximum Gasteiger partial charge on any atom is 0.374 e. The summed E-state index contributed by atoms with van der Waals surface area (Å²) in [5.41, 5.74) is 1.64. The van der Waals surface area contributed by atoms with Crippen molar-refractivity contribution in [3.63, 3.8) is 0 Å². The van der Waals surface area contributed by atoms with Gasteiger partial charge in [-0.1, -0.05) is 6.07 Å². The Balaban J connectivity index is 2.06. The zero-order chi connectivity index (χ0) is 13.7. The van der Waals surface area contributed by atoms with E-state index < -0.39 is 5.97 Å². The molecule has 0 aliphatic rings. The highest BCUT2D eigenvalue weighted by molar-refractivity contribution is 5.87. The van der Waals surface area contributed by atoms with E-state index in [0.29, 0.717) is 6.54 Å². The van der Waals surface area contributed by atoms with Gasteiger partial charge in [0, 0.05) is 23.9 Å². The van der Waals surface area contributed by atoms with E-state index in [1.54, 1.807) is 13.2 Å². The molecule has 5 heteroatoms. The third-order valence-electron chi connectivity index (χ3n) is 2.67. The number of carbonyl (C=O) groups is 1. The average molecular weight is 261 g/mol. The fraction of sp³-hybridized carbons (Fsp3) is 0.214. The van der Waals surface area contributed by atoms with E-state index in [0.717, 1.165) is 17.0 Å². The molecule has 1 aromatic heterocycles. The molecule has 1 heterocycles. The maximum atomic E-state index is 11.4. The molecule has 0 saturated heterocycles. The fourth-order valence-corrected chi connectivity index (χ4v) is 1.68. The highest BCUT2D eigenvalue weighted by Crippen LogP contribution is 2.19. The maximum absolute atomic E-state index is 11.4. The van der Waals surface area contributed by atoms with E-state index in [-0.39, 0.29) is 5.76 Å². The topological polar surface area (TPSA) is 60.7 Å². The molecule has 0 bridgehead atoms. The number of carbonyl (C=O) groups excluding carboxylic acids is 1. The molecule has 0 fully saturated rings. The molecule has 0 aliphatic heterocycles. The lowest BCUT2D eigenvalue weighted by Crippen LogP contribution is -2.06. The van der Waals surface area contributed by atoms with Crippen LogP contribution in [0.2, 0.25) is 0 Å². The van der Waals surface area contributed by atoms with Crippen molar-refractivity contribution in [2.45, 2.75) is 6.54 Å². The van der Waals surface area contributed by atoms with Gasteiger partial charge in [-0.2, -0.15) is 0 Å². The van der Waals surface area contributed by atoms with Crippen molar-refractivity contribution in [1.29, 1.82) is 0 Å². The van der Waals surface area contributed by atoms with Crippen LogP contribution in [-0.4, -0.2) is 20.2 Å². The van der Waals surface area contributed by atoms with Gasteiger partial charge in [-0.3, -0.25) is 0 Å². The van der Waals surface area contributed by atoms with E-state index in [2.05, 4.69) is 10.1 Å². The van der Waals surface area contributed by atoms with Crippen molar-refractivity contribution in [2.24, 2.45) is 0 Å². The molecule has 5 nitrogen and oxygen atoms in total. The van der Waals surface area contributed by atoms with E-state index in [4.69, 9.17) is 9.15 Å². The normalized spacial score (nSPS) is 10.0. The molecule has 0 radical (unpaired) electrons. The number of rotatable bonds is 5. The summed E-state index contributed by atoms with van der Waals surface area (Å²) in [6.45, 7) is 0.466. The molecule has 0 spiro atoms. The molecule has 0 amide bonds. The molecule has 1 aromatic carbocycles. The van der Waals surface area contributed by atoms with Crippen LogP contribution in [0, 0.1) is 0 Å². The monoisotopic (exact) mass is 261 g/mol. The van der Waals surface area contributed by atoms with Gasteiger partial charge in [-0.05, 0) is 18.2 Å². The Bertz CT molecular complexity index is 562. The van der Waals surface area contributed by atoms with Gasteiger partial charge in [0.15, 0.2) is 0 Å². The van der Waals surface area contributed by atoms with Gasteiger partial charge in [-0.15, -0.1) is 0 Å². The first-order valence-corrected chi connectivity index (χ1v) is 5.77. The van der Waals surface area contributed by atoms with Gasteiger partial charge in [0.25, 0.3) is 0 Å². The van der Waals surface area contributed by atoms with Gasteiger partial charge in [0.2, 0.25) is 5.76 Å². The number of methoxy groups -OCH3 is 2. The van der Waals surface area contributed by atoms with Crippen molar-refractivity contribution in [2.75, 3.05) is 19.5 Å². The minimum atomic E-state index is -0.479. The minimum absolute atomic E-state index is 0.220. The molecule has 0 unspecified atom stereocenters. The smallest absolute Gasteiger partial charge is 0.374 e. The minimum Gasteiger partial charge on any atom is -0.497 e. The van der Waals surface area contributed by atoms with Crippen molar-refractivity contribution >= 4 is 11.7 Å². The van der Waals surface area contributed by atoms with Crippen LogP contribution >= 0.6 is 0 Å². The summed E-state index contributed by atoms with van der Waals surface area (Å²) in [4.78, 5) is 11.4. The number of furan rings is 1. The number of esters is 1. The summed E-state index contributed by atoms with van der Waals surface area (Å²) in [6, 6.07) is 9.28. The Morgan fingerprint density at radius 2 is 2.16 bits per heavy atom. The van der Waals surface area contributed by atoms with Gasteiger partial charge in [-0.25, -0.2) is 4.79 Å². The summed E-state index contributed by atoms with van der Waals surface area (Å²) in [7, 11) is 2.94. The van der Waals surface area contributed by atoms with Gasteiger partial charge in [0.1, 0.15) is 5.75 Å². The first-order valence-electron chi connectivity index (χ1n) is 5.77. The van der Waals surface area contributed by atoms with E-state index in [1.807, 2.05) is 24.3 Å². The summed E-state index contributed by atoms with van der Waals surface area (Å²) < 4.78 is 14.9. The average Bonchev–Trinajstić information content (AvgIpc) is 2.93. The molecule has 19 heavy (non-hydrogen) atoms. The SMILES string of the molecule is COC(=O)c1occc1CNc1cccc(OC)c1. The standard InChI is InChI=1S/C14H15NO4/c1-17-12-5-3-4-11(8-12)15-9-10-6-7-19-13(10)14(16)18-2/h3-8,15H,9H2,1-2H3. The predicted octanol–water partition coefficient (Wildman–Crippen LogP) is 2.69. The predicted molar refractivity (Wildman–Crippen MR) is 70.4 cm³/mol. The number of ether oxygens (including phenoxy) is 2. The van der Waals surface area contributed by atoms with E-state index in [1.165, 1.54) is 13.4 Å². The number of anilines is 1. The van der Waals surface area contributed by atoms with Gasteiger partial charge < -0.3 is 19.2 Å². The van der Waals surface area contributed by atoms with Crippen LogP contribution in [0.5, 0.6) is 5.75 Å². The lowest BCUT2D eigenvalue weighted by Gasteiger charge is -2.07. The highest BCUT2D eigenvalue weighted by Gasteiger charge is 2.15. The molecule has 0 aliphatic carbocycles. The van der Waals surface area contributed by atoms with Crippen molar-refractivity contribution in [1.82, 2.24) is 0 Å². The molecule has 100 valence electrons. The van der Waals surface area contributed by atoms with Crippen LogP contribution in [0.1, 0.15) is 16.1 Å². The van der Waals surface area contributed by atoms with Gasteiger partial charge >= 0.3 is 5.97 Å². The third kappa shape index (κ3) is 3.07. The van der Waals surface area contributed by atoms with E-state index >= 15 is 0 Å². The van der Waals surface area contributed by atoms with E-state index in [9.17, 15) is 4.79 Å². The van der Waals surface area contributed by atoms with Crippen LogP contribution in [0.3, 0.4) is 0 Å². The second-order valence-electron chi connectivity index (χ2n) is 3.85. The Labute approximate surface area is 111 Å². The Morgan fingerprint density at radius 3 is 2.89 bits per heavy atom. The second kappa shape index (κ2) is 5.95. The molecule has 2 rings (SSSR count). The highest BCUT2D eigenvalue weighted by atomic mass is 16.5. The van der Waals surface area contributed by atoms with Crippen LogP contribution in [0.4, 0.5) is 5.69 Å². The molecule has 1 N–H and O–H groups in total. The zero-order valence-corrected chi connectivity index (χ0v) is 10.8. The summed E-state index contributed by atoms with van der Waals surface area (Å²) in [6.07, 6.45) is 1.47. The van der Waals surface area contributed by atoms with Crippen LogP contribution in [-0.2, 0) is 11.3 Å². The van der Waals surface area contributed by atoms with Crippen molar-refractivity contribution < 1.29 is 18.7 Å². The first kappa shape index (κ1) is 13.0. The fourth-order valence-electron chi connectivity index (χ4n) is 1.68. The number of benzene rings is 1. The van der Waals surface area contributed by atoms with Crippen LogP contribution < -0.4 is 10.1 Å². The van der Waals surface area contributed by atoms with Crippen molar-refractivity contribution in [3.8, 4) is 5.75 Å². The van der Waals surface area contributed by atoms with Crippen LogP contribution in [0.25, 0.3) is 0 Å². The number of nitrogens with one attached hydrogen (secondary N) is 1. The lowest BCUT2D eigenvalue weighted by molar-refractivity contribution is 0.0563. The van der Waals surface area contributed by atoms with Gasteiger partial charge in [0.05, 0.1) is 20.5 Å². The van der Waals surface area contributed by atoms with Crippen LogP contribution in [0.15, 0.2) is 41.0 Å². The quantitative estimate of drug-likeness (QED) is 0.838. The largest absolute Gasteiger partial charge is 0.497 e. The summed E-state index contributed by atoms with van der Waals surface area (Å²) >= 11 is 0. The molecular formula is C14H15NO4. The van der Waals surface area contributed by atoms with Crippen molar-refractivity contribution in [3.05, 3.63) is 47.9 Å². The molecule has 0 saturated carbocycles. The Kier molecular flexibility index (Phi) is 4.07. The third-order valence-corrected chi connectivity index (χ3v) is 2.67. The molecule has 0 atom stereocenters. The first-order chi connectivity index (χ1) is 9.24. The summed E-state index contributed by atoms with van der Waals surface area (Å²) in [5.74, 6) is 0.510. The molecular weight excluding hydrogens is 246 g/mol. The number of hydrogen-bond donors (Lipinski definition) is 1. The molecule has 2 aromatic rings. The Hall–Kier alpha value is -2.43. The Morgan fingerprint density at radius 1 is 1.32 bits per heavy atom. The number of hydrogen-bond acceptors (Lipinski definition) is 5. The zero-order valence-electron chi connectivity index (χ0n) is 10.8. The second-order valence-corrected chi connectivity index (χ2v) is 3.85.